The molecule has 17 heteroatoms. The van der Waals surface area contributed by atoms with Crippen molar-refractivity contribution >= 4 is 58.6 Å². The van der Waals surface area contributed by atoms with Crippen LogP contribution in [0.1, 0.15) is 94.8 Å². The maximum atomic E-state index is 13.8. The first kappa shape index (κ1) is 39.6. The number of anilines is 1. The van der Waals surface area contributed by atoms with Crippen molar-refractivity contribution in [2.24, 2.45) is 0 Å². The minimum Gasteiger partial charge on any atom is -0.385 e. The molecule has 306 valence electrons. The number of halogens is 3. The topological polar surface area (TPSA) is 167 Å². The fourth-order valence-electron chi connectivity index (χ4n) is 9.12. The molecule has 6 aliphatic heterocycles. The number of hydrogen-bond acceptors (Lipinski definition) is 9. The van der Waals surface area contributed by atoms with Gasteiger partial charge < -0.3 is 20.0 Å². The van der Waals surface area contributed by atoms with Gasteiger partial charge in [0.2, 0.25) is 23.6 Å². The van der Waals surface area contributed by atoms with Gasteiger partial charge >= 0.3 is 0 Å². The van der Waals surface area contributed by atoms with Gasteiger partial charge in [-0.3, -0.25) is 49.3 Å². The van der Waals surface area contributed by atoms with Crippen molar-refractivity contribution in [2.45, 2.75) is 83.3 Å². The van der Waals surface area contributed by atoms with Crippen LogP contribution in [0.2, 0.25) is 5.02 Å². The van der Waals surface area contributed by atoms with Gasteiger partial charge in [-0.05, 0) is 79.5 Å². The van der Waals surface area contributed by atoms with Crippen molar-refractivity contribution in [1.29, 1.82) is 5.41 Å². The molecule has 6 heterocycles. The Balaban J connectivity index is 0.900. The van der Waals surface area contributed by atoms with Gasteiger partial charge in [-0.2, -0.15) is 0 Å². The minimum atomic E-state index is -2.76. The summed E-state index contributed by atoms with van der Waals surface area (Å²) in [4.78, 5) is 85.2. The Hall–Kier alpha value is -5.22. The van der Waals surface area contributed by atoms with E-state index in [-0.39, 0.29) is 71.3 Å². The molecule has 0 radical (unpaired) electrons. The number of nitrogens with one attached hydrogen (secondary N) is 3. The third-order valence-corrected chi connectivity index (χ3v) is 12.7. The van der Waals surface area contributed by atoms with Crippen LogP contribution in [0, 0.1) is 5.41 Å². The number of alkyl halides is 2. The molecular formula is C41H45ClF2N8O6. The molecule has 2 aromatic carbocycles. The van der Waals surface area contributed by atoms with E-state index in [0.29, 0.717) is 82.6 Å². The summed E-state index contributed by atoms with van der Waals surface area (Å²) in [7, 11) is 0. The number of amides is 6. The van der Waals surface area contributed by atoms with E-state index >= 15 is 0 Å². The lowest BCUT2D eigenvalue weighted by Crippen LogP contribution is -2.54. The van der Waals surface area contributed by atoms with Crippen LogP contribution in [-0.4, -0.2) is 119 Å². The molecule has 0 spiro atoms. The average molecular weight is 819 g/mol. The first-order chi connectivity index (χ1) is 27.8. The molecule has 3 N–H and O–H groups in total. The number of fused-ring (bicyclic) bond motifs is 3. The number of piperidine rings is 2. The fraction of sp³-hybridized carbons (Fsp3) is 0.488. The number of carbonyl (C=O) groups excluding carboxylic acids is 6. The van der Waals surface area contributed by atoms with E-state index in [1.807, 2.05) is 9.80 Å². The molecule has 14 nitrogen and oxygen atoms in total. The predicted molar refractivity (Wildman–Crippen MR) is 209 cm³/mol. The van der Waals surface area contributed by atoms with Crippen LogP contribution in [0.25, 0.3) is 0 Å². The maximum absolute atomic E-state index is 13.8. The third kappa shape index (κ3) is 7.47. The molecule has 0 bridgehead atoms. The van der Waals surface area contributed by atoms with E-state index in [1.165, 1.54) is 13.0 Å². The lowest BCUT2D eigenvalue weighted by Gasteiger charge is -2.39. The number of nitrogens with zero attached hydrogens (tertiary/aromatic N) is 5. The first-order valence-electron chi connectivity index (χ1n) is 19.9. The third-order valence-electron chi connectivity index (χ3n) is 12.3. The van der Waals surface area contributed by atoms with Crippen LogP contribution in [0.4, 0.5) is 14.5 Å². The van der Waals surface area contributed by atoms with E-state index in [1.54, 1.807) is 28.0 Å². The Morgan fingerprint density at radius 1 is 0.862 bits per heavy atom. The summed E-state index contributed by atoms with van der Waals surface area (Å²) < 4.78 is 27.7. The van der Waals surface area contributed by atoms with Crippen molar-refractivity contribution in [3.05, 3.63) is 73.9 Å². The smallest absolute Gasteiger partial charge is 0.265 e. The predicted octanol–water partition coefficient (Wildman–Crippen LogP) is 3.55. The van der Waals surface area contributed by atoms with E-state index in [0.717, 1.165) is 33.7 Å². The second-order valence-electron chi connectivity index (χ2n) is 15.9. The summed E-state index contributed by atoms with van der Waals surface area (Å²) in [5.41, 5.74) is 4.81. The van der Waals surface area contributed by atoms with Crippen molar-refractivity contribution in [2.75, 3.05) is 50.7 Å². The summed E-state index contributed by atoms with van der Waals surface area (Å²) in [6.07, 6.45) is 1.18. The van der Waals surface area contributed by atoms with Crippen LogP contribution < -0.4 is 15.5 Å². The Morgan fingerprint density at radius 2 is 1.59 bits per heavy atom. The summed E-state index contributed by atoms with van der Waals surface area (Å²) in [6, 6.07) is 5.38. The molecule has 2 saturated heterocycles. The van der Waals surface area contributed by atoms with Crippen LogP contribution in [-0.2, 0) is 38.6 Å². The van der Waals surface area contributed by atoms with Crippen LogP contribution in [0.3, 0.4) is 0 Å². The highest BCUT2D eigenvalue weighted by Crippen LogP contribution is 2.38. The Bertz CT molecular complexity index is 2170. The number of benzene rings is 2. The number of likely N-dealkylation sites (tertiary alicyclic amines) is 1. The molecule has 0 aliphatic carbocycles. The lowest BCUT2D eigenvalue weighted by atomic mass is 9.94. The number of imide groups is 2. The highest BCUT2D eigenvalue weighted by atomic mass is 35.5. The van der Waals surface area contributed by atoms with Gasteiger partial charge in [0.15, 0.2) is 0 Å². The monoisotopic (exact) mass is 818 g/mol. The second kappa shape index (κ2) is 15.9. The van der Waals surface area contributed by atoms with Gasteiger partial charge in [0.1, 0.15) is 11.9 Å². The van der Waals surface area contributed by atoms with E-state index in [9.17, 15) is 43.0 Å². The largest absolute Gasteiger partial charge is 0.385 e. The van der Waals surface area contributed by atoms with Gasteiger partial charge in [-0.25, -0.2) is 8.78 Å². The molecule has 0 aromatic heterocycles. The van der Waals surface area contributed by atoms with Crippen molar-refractivity contribution in [3.8, 4) is 0 Å². The van der Waals surface area contributed by atoms with Crippen LogP contribution in [0.5, 0.6) is 0 Å². The molecule has 6 amide bonds. The van der Waals surface area contributed by atoms with Crippen molar-refractivity contribution in [3.63, 3.8) is 0 Å². The van der Waals surface area contributed by atoms with Crippen molar-refractivity contribution in [1.82, 2.24) is 30.2 Å². The molecule has 1 unspecified atom stereocenters. The normalized spacial score (nSPS) is 21.6. The Kier molecular flexibility index (Phi) is 10.8. The second-order valence-corrected chi connectivity index (χ2v) is 16.3. The van der Waals surface area contributed by atoms with Crippen LogP contribution in [0.15, 0.2) is 35.5 Å². The number of hydrogen-bond donors (Lipinski definition) is 3. The lowest BCUT2D eigenvalue weighted by molar-refractivity contribution is -0.136. The first-order valence-corrected chi connectivity index (χ1v) is 20.2. The quantitative estimate of drug-likeness (QED) is 0.215. The maximum Gasteiger partial charge on any atom is 0.265 e. The summed E-state index contributed by atoms with van der Waals surface area (Å²) in [5.74, 6) is -2.14. The molecule has 58 heavy (non-hydrogen) atoms. The van der Waals surface area contributed by atoms with Crippen molar-refractivity contribution < 1.29 is 37.5 Å². The van der Waals surface area contributed by atoms with Gasteiger partial charge in [-0.1, -0.05) is 11.6 Å². The summed E-state index contributed by atoms with van der Waals surface area (Å²) in [5, 5.41) is 15.2. The number of carbonyl (C=O) groups is 6. The molecule has 6 aliphatic rings. The summed E-state index contributed by atoms with van der Waals surface area (Å²) in [6.45, 7) is 4.92. The highest BCUT2D eigenvalue weighted by Gasteiger charge is 2.45. The minimum absolute atomic E-state index is 0.0103. The summed E-state index contributed by atoms with van der Waals surface area (Å²) >= 11 is 6.19. The molecule has 2 fully saturated rings. The zero-order chi connectivity index (χ0) is 41.0. The van der Waals surface area contributed by atoms with Gasteiger partial charge in [-0.15, -0.1) is 0 Å². The van der Waals surface area contributed by atoms with Crippen LogP contribution >= 0.6 is 11.6 Å². The van der Waals surface area contributed by atoms with Gasteiger partial charge in [0.25, 0.3) is 18.2 Å². The Morgan fingerprint density at radius 3 is 2.28 bits per heavy atom. The molecule has 2 aromatic rings. The molecular weight excluding hydrogens is 774 g/mol. The number of amidine groups is 1. The zero-order valence-electron chi connectivity index (χ0n) is 32.2. The van der Waals surface area contributed by atoms with Gasteiger partial charge in [0, 0.05) is 92.6 Å². The number of rotatable bonds is 7. The standard InChI is InChI=1S/C41H45ClF2N8O6/c1-22(53)50-14-9-32(30(20-50)38(45)51-10-2-3-24-17-31(42)29(37(43)44)18-34(24)51)46-26-7-12-49(13-8-26)36(55)21-48-11-6-23-15-27-28(16-25(23)19-48)41(58)52(40(27)57)33-4-5-35(54)47-39(33)56/h15-18,26,33,37,45-46H,2-14,19-21H2,1H3,(H,47,54,56). The number of aryl methyl sites for hydroxylation is 1. The highest BCUT2D eigenvalue weighted by molar-refractivity contribution is 6.31. The zero-order valence-corrected chi connectivity index (χ0v) is 32.9. The van der Waals surface area contributed by atoms with E-state index in [4.69, 9.17) is 11.6 Å². The van der Waals surface area contributed by atoms with E-state index < -0.39 is 36.1 Å². The average Bonchev–Trinajstić information content (AvgIpc) is 3.43. The molecule has 8 rings (SSSR count). The SMILES string of the molecule is CC(=O)N1CCC(NC2CCN(C(=O)CN3CCc4cc5c(cc4C3)C(=O)N(C3CCC(=O)NC3=O)C5=O)CC2)=C(C(=N)N2CCCc3cc(Cl)c(C(F)F)cc32)C1. The Labute approximate surface area is 339 Å². The molecule has 0 saturated carbocycles. The van der Waals surface area contributed by atoms with E-state index in [2.05, 4.69) is 10.6 Å². The van der Waals surface area contributed by atoms with Gasteiger partial charge in [0.05, 0.1) is 24.2 Å². The molecule has 1 atom stereocenters. The fourth-order valence-corrected chi connectivity index (χ4v) is 9.39.